The van der Waals surface area contributed by atoms with Crippen molar-refractivity contribution in [3.8, 4) is 16.9 Å². The molecule has 7 nitrogen and oxygen atoms in total. The van der Waals surface area contributed by atoms with Gasteiger partial charge in [-0.2, -0.15) is 0 Å². The zero-order valence-electron chi connectivity index (χ0n) is 24.1. The minimum Gasteiger partial charge on any atom is -0.497 e. The summed E-state index contributed by atoms with van der Waals surface area (Å²) >= 11 is 0. The number of unbranched alkanes of at least 4 members (excludes halogenated alkanes) is 3. The van der Waals surface area contributed by atoms with Crippen LogP contribution >= 0.6 is 0 Å². The average molecular weight is 555 g/mol. The lowest BCUT2D eigenvalue weighted by molar-refractivity contribution is 0.134. The highest BCUT2D eigenvalue weighted by atomic mass is 32.2. The van der Waals surface area contributed by atoms with Crippen LogP contribution in [0.3, 0.4) is 0 Å². The molecule has 212 valence electrons. The molecule has 3 rings (SSSR count). The van der Waals surface area contributed by atoms with Gasteiger partial charge in [-0.3, -0.25) is 0 Å². The molecule has 0 bridgehead atoms. The highest BCUT2D eigenvalue weighted by Crippen LogP contribution is 2.39. The molecule has 0 aliphatic heterocycles. The maximum Gasteiger partial charge on any atom is 0.265 e. The lowest BCUT2D eigenvalue weighted by Gasteiger charge is -2.22. The van der Waals surface area contributed by atoms with Crippen molar-refractivity contribution in [2.75, 3.05) is 18.4 Å². The molecule has 0 fully saturated rings. The summed E-state index contributed by atoms with van der Waals surface area (Å²) in [5, 5.41) is 3.88. The SMILES string of the molecule is C=CC(CCCCCC)c1ccc(-c2ccc(OC)cc2S(=O)(=O)Nc2onc(C)c2C)c(COCC)c1C. The van der Waals surface area contributed by atoms with Crippen molar-refractivity contribution in [1.29, 1.82) is 0 Å². The Morgan fingerprint density at radius 3 is 2.41 bits per heavy atom. The van der Waals surface area contributed by atoms with Gasteiger partial charge in [0.25, 0.3) is 10.0 Å². The first-order valence-corrected chi connectivity index (χ1v) is 15.1. The predicted octanol–water partition coefficient (Wildman–Crippen LogP) is 7.85. The predicted molar refractivity (Wildman–Crippen MR) is 157 cm³/mol. The molecule has 0 amide bonds. The minimum absolute atomic E-state index is 0.0834. The molecule has 1 aromatic heterocycles. The molecule has 1 N–H and O–H groups in total. The van der Waals surface area contributed by atoms with Crippen LogP contribution in [-0.4, -0.2) is 27.3 Å². The van der Waals surface area contributed by atoms with Crippen LogP contribution in [0.25, 0.3) is 11.1 Å². The van der Waals surface area contributed by atoms with E-state index in [0.29, 0.717) is 35.8 Å². The Morgan fingerprint density at radius 2 is 1.79 bits per heavy atom. The van der Waals surface area contributed by atoms with Crippen molar-refractivity contribution in [1.82, 2.24) is 5.16 Å². The third kappa shape index (κ3) is 7.11. The van der Waals surface area contributed by atoms with E-state index in [1.165, 1.54) is 38.0 Å². The second-order valence-corrected chi connectivity index (χ2v) is 11.5. The molecular formula is C31H42N2O5S. The standard InChI is InChI=1S/C31H42N2O5S/c1-8-11-12-13-14-24(9-2)26-17-18-27(29(22(26)5)20-37-10-3)28-16-15-25(36-7)19-30(28)39(34,35)33-31-21(4)23(6)32-38-31/h9,15-19,24,33H,2,8,10-14,20H2,1,3-7H3. The highest BCUT2D eigenvalue weighted by molar-refractivity contribution is 7.92. The lowest BCUT2D eigenvalue weighted by Crippen LogP contribution is -2.15. The molecule has 3 aromatic rings. The van der Waals surface area contributed by atoms with Crippen LogP contribution in [0.2, 0.25) is 0 Å². The highest BCUT2D eigenvalue weighted by Gasteiger charge is 2.26. The number of ether oxygens (including phenoxy) is 2. The number of aromatic nitrogens is 1. The summed E-state index contributed by atoms with van der Waals surface area (Å²) in [5.41, 5.74) is 5.86. The summed E-state index contributed by atoms with van der Waals surface area (Å²) in [4.78, 5) is 0.0834. The number of benzene rings is 2. The van der Waals surface area contributed by atoms with E-state index in [1.54, 1.807) is 26.0 Å². The first-order chi connectivity index (χ1) is 18.7. The summed E-state index contributed by atoms with van der Waals surface area (Å²) in [5.74, 6) is 0.747. The van der Waals surface area contributed by atoms with Gasteiger partial charge < -0.3 is 14.0 Å². The first kappa shape index (κ1) is 30.4. The van der Waals surface area contributed by atoms with E-state index in [-0.39, 0.29) is 16.7 Å². The Morgan fingerprint density at radius 1 is 1.05 bits per heavy atom. The quantitative estimate of drug-likeness (QED) is 0.152. The Hall–Kier alpha value is -3.10. The van der Waals surface area contributed by atoms with Gasteiger partial charge in [-0.1, -0.05) is 56.0 Å². The van der Waals surface area contributed by atoms with Gasteiger partial charge in [0.05, 0.1) is 24.3 Å². The smallest absolute Gasteiger partial charge is 0.265 e. The summed E-state index contributed by atoms with van der Waals surface area (Å²) in [6.07, 6.45) is 7.82. The monoisotopic (exact) mass is 554 g/mol. The largest absolute Gasteiger partial charge is 0.497 e. The average Bonchev–Trinajstić information content (AvgIpc) is 3.24. The summed E-state index contributed by atoms with van der Waals surface area (Å²) < 4.78 is 46.6. The van der Waals surface area contributed by atoms with E-state index < -0.39 is 10.0 Å². The van der Waals surface area contributed by atoms with Crippen molar-refractivity contribution < 1.29 is 22.4 Å². The number of allylic oxidation sites excluding steroid dienone is 1. The zero-order valence-corrected chi connectivity index (χ0v) is 24.9. The van der Waals surface area contributed by atoms with E-state index >= 15 is 0 Å². The Labute approximate surface area is 233 Å². The van der Waals surface area contributed by atoms with Gasteiger partial charge in [0.15, 0.2) is 0 Å². The molecule has 0 spiro atoms. The summed E-state index contributed by atoms with van der Waals surface area (Å²) in [6.45, 7) is 14.8. The fourth-order valence-corrected chi connectivity index (χ4v) is 6.06. The summed E-state index contributed by atoms with van der Waals surface area (Å²) in [7, 11) is -2.54. The van der Waals surface area contributed by atoms with Crippen LogP contribution in [0.1, 0.15) is 79.8 Å². The Bertz CT molecular complexity index is 1380. The fraction of sp³-hybridized carbons (Fsp3) is 0.452. The molecule has 1 atom stereocenters. The zero-order chi connectivity index (χ0) is 28.6. The van der Waals surface area contributed by atoms with Crippen molar-refractivity contribution in [3.05, 3.63) is 70.9 Å². The number of sulfonamides is 1. The Kier molecular flexibility index (Phi) is 10.8. The third-order valence-electron chi connectivity index (χ3n) is 7.30. The number of hydrogen-bond acceptors (Lipinski definition) is 6. The number of nitrogens with zero attached hydrogens (tertiary/aromatic N) is 1. The van der Waals surface area contributed by atoms with Crippen molar-refractivity contribution in [2.45, 2.75) is 84.1 Å². The van der Waals surface area contributed by atoms with Gasteiger partial charge in [-0.05, 0) is 68.5 Å². The molecule has 0 radical (unpaired) electrons. The number of anilines is 1. The lowest BCUT2D eigenvalue weighted by atomic mass is 9.85. The van der Waals surface area contributed by atoms with E-state index in [2.05, 4.69) is 36.4 Å². The van der Waals surface area contributed by atoms with Crippen LogP contribution in [-0.2, 0) is 21.4 Å². The number of nitrogens with one attached hydrogen (secondary N) is 1. The first-order valence-electron chi connectivity index (χ1n) is 13.6. The second-order valence-electron chi connectivity index (χ2n) is 9.82. The van der Waals surface area contributed by atoms with Gasteiger partial charge in [-0.15, -0.1) is 6.58 Å². The van der Waals surface area contributed by atoms with Crippen LogP contribution < -0.4 is 9.46 Å². The molecular weight excluding hydrogens is 512 g/mol. The minimum atomic E-state index is -4.05. The summed E-state index contributed by atoms with van der Waals surface area (Å²) in [6, 6.07) is 9.19. The molecule has 0 saturated heterocycles. The molecule has 1 heterocycles. The van der Waals surface area contributed by atoms with Crippen LogP contribution in [0, 0.1) is 20.8 Å². The fourth-order valence-electron chi connectivity index (χ4n) is 4.77. The number of aryl methyl sites for hydroxylation is 1. The van der Waals surface area contributed by atoms with Gasteiger partial charge in [0.1, 0.15) is 5.75 Å². The third-order valence-corrected chi connectivity index (χ3v) is 8.67. The molecule has 1 unspecified atom stereocenters. The van der Waals surface area contributed by atoms with E-state index in [1.807, 2.05) is 19.1 Å². The van der Waals surface area contributed by atoms with Gasteiger partial charge in [0.2, 0.25) is 5.88 Å². The van der Waals surface area contributed by atoms with Crippen LogP contribution in [0.5, 0.6) is 5.75 Å². The topological polar surface area (TPSA) is 90.7 Å². The van der Waals surface area contributed by atoms with Gasteiger partial charge >= 0.3 is 0 Å². The molecule has 8 heteroatoms. The molecule has 39 heavy (non-hydrogen) atoms. The van der Waals surface area contributed by atoms with Crippen LogP contribution in [0.15, 0.2) is 52.4 Å². The Balaban J connectivity index is 2.14. The van der Waals surface area contributed by atoms with Crippen molar-refractivity contribution in [3.63, 3.8) is 0 Å². The number of rotatable bonds is 15. The van der Waals surface area contributed by atoms with E-state index in [4.69, 9.17) is 14.0 Å². The number of methoxy groups -OCH3 is 1. The normalized spacial score (nSPS) is 12.4. The van der Waals surface area contributed by atoms with Crippen molar-refractivity contribution >= 4 is 15.9 Å². The molecule has 2 aromatic carbocycles. The molecule has 0 saturated carbocycles. The maximum atomic E-state index is 13.7. The molecule has 0 aliphatic carbocycles. The van der Waals surface area contributed by atoms with Crippen LogP contribution in [0.4, 0.5) is 5.88 Å². The van der Waals surface area contributed by atoms with Gasteiger partial charge in [-0.25, -0.2) is 13.1 Å². The second kappa shape index (κ2) is 13.8. The van der Waals surface area contributed by atoms with Gasteiger partial charge in [0, 0.05) is 29.7 Å². The van der Waals surface area contributed by atoms with Crippen molar-refractivity contribution in [2.24, 2.45) is 0 Å². The number of hydrogen-bond donors (Lipinski definition) is 1. The van der Waals surface area contributed by atoms with E-state index in [9.17, 15) is 8.42 Å². The molecule has 0 aliphatic rings. The maximum absolute atomic E-state index is 13.7. The van der Waals surface area contributed by atoms with E-state index in [0.717, 1.165) is 29.5 Å².